The van der Waals surface area contributed by atoms with E-state index in [0.29, 0.717) is 6.42 Å². The molecule has 0 spiro atoms. The van der Waals surface area contributed by atoms with Gasteiger partial charge in [-0.25, -0.2) is 0 Å². The van der Waals surface area contributed by atoms with E-state index in [0.717, 1.165) is 0 Å². The van der Waals surface area contributed by atoms with Crippen molar-refractivity contribution in [1.82, 2.24) is 0 Å². The van der Waals surface area contributed by atoms with Crippen LogP contribution in [0.4, 0.5) is 13.2 Å². The van der Waals surface area contributed by atoms with Crippen LogP contribution in [0.1, 0.15) is 32.1 Å². The van der Waals surface area contributed by atoms with Gasteiger partial charge in [0.15, 0.2) is 4.75 Å². The first-order valence-corrected chi connectivity index (χ1v) is 5.68. The van der Waals surface area contributed by atoms with Gasteiger partial charge in [0, 0.05) is 0 Å². The van der Waals surface area contributed by atoms with Gasteiger partial charge in [0.25, 0.3) is 10.1 Å². The lowest BCUT2D eigenvalue weighted by atomic mass is 9.88. The third kappa shape index (κ3) is 1.75. The summed E-state index contributed by atoms with van der Waals surface area (Å²) in [4.78, 5) is 0. The van der Waals surface area contributed by atoms with Crippen LogP contribution in [-0.2, 0) is 10.1 Å². The quantitative estimate of drug-likeness (QED) is 0.705. The molecule has 1 N–H and O–H groups in total. The molecule has 0 aromatic heterocycles. The number of alkyl halides is 3. The van der Waals surface area contributed by atoms with E-state index in [1.807, 2.05) is 0 Å². The van der Waals surface area contributed by atoms with Gasteiger partial charge in [0.05, 0.1) is 0 Å². The Morgan fingerprint density at radius 1 is 1.07 bits per heavy atom. The van der Waals surface area contributed by atoms with Crippen molar-refractivity contribution < 1.29 is 26.1 Å². The third-order valence-electron chi connectivity index (χ3n) is 2.67. The monoisotopic (exact) mass is 232 g/mol. The summed E-state index contributed by atoms with van der Waals surface area (Å²) in [6, 6.07) is 0. The minimum absolute atomic E-state index is 0.180. The summed E-state index contributed by atoms with van der Waals surface area (Å²) in [6.07, 6.45) is -5.02. The summed E-state index contributed by atoms with van der Waals surface area (Å²) in [6.45, 7) is 0. The van der Waals surface area contributed by atoms with Crippen LogP contribution >= 0.6 is 0 Å². The van der Waals surface area contributed by atoms with Gasteiger partial charge in [-0.05, 0) is 12.8 Å². The maximum absolute atomic E-state index is 12.6. The van der Waals surface area contributed by atoms with Crippen LogP contribution in [0.5, 0.6) is 0 Å². The molecule has 84 valence electrons. The van der Waals surface area contributed by atoms with Crippen molar-refractivity contribution in [3.8, 4) is 0 Å². The zero-order valence-corrected chi connectivity index (χ0v) is 8.16. The van der Waals surface area contributed by atoms with Crippen LogP contribution in [0.3, 0.4) is 0 Å². The molecule has 1 fully saturated rings. The molecule has 1 saturated carbocycles. The molecule has 1 rings (SSSR count). The summed E-state index contributed by atoms with van der Waals surface area (Å²) >= 11 is 0. The highest BCUT2D eigenvalue weighted by Gasteiger charge is 2.63. The van der Waals surface area contributed by atoms with Crippen LogP contribution in [0.2, 0.25) is 0 Å². The zero-order valence-electron chi connectivity index (χ0n) is 7.34. The fourth-order valence-electron chi connectivity index (χ4n) is 1.81. The lowest BCUT2D eigenvalue weighted by molar-refractivity contribution is -0.170. The molecule has 3 nitrogen and oxygen atoms in total. The van der Waals surface area contributed by atoms with Crippen molar-refractivity contribution >= 4 is 10.1 Å². The minimum atomic E-state index is -5.07. The Labute approximate surface area is 80.0 Å². The average Bonchev–Trinajstić information content (AvgIpc) is 2.02. The van der Waals surface area contributed by atoms with Gasteiger partial charge in [-0.15, -0.1) is 0 Å². The van der Waals surface area contributed by atoms with Crippen molar-refractivity contribution in [2.75, 3.05) is 0 Å². The van der Waals surface area contributed by atoms with E-state index >= 15 is 0 Å². The van der Waals surface area contributed by atoms with Crippen molar-refractivity contribution in [3.05, 3.63) is 0 Å². The molecule has 0 heterocycles. The highest BCUT2D eigenvalue weighted by Crippen LogP contribution is 2.46. The fraction of sp³-hybridized carbons (Fsp3) is 1.00. The van der Waals surface area contributed by atoms with E-state index in [1.54, 1.807) is 0 Å². The molecule has 7 heteroatoms. The van der Waals surface area contributed by atoms with Crippen molar-refractivity contribution in [3.63, 3.8) is 0 Å². The highest BCUT2D eigenvalue weighted by atomic mass is 32.2. The van der Waals surface area contributed by atoms with Gasteiger partial charge < -0.3 is 0 Å². The maximum Gasteiger partial charge on any atom is 0.410 e. The molecular weight excluding hydrogens is 221 g/mol. The van der Waals surface area contributed by atoms with Crippen LogP contribution in [0.15, 0.2) is 0 Å². The Hall–Kier alpha value is -0.300. The van der Waals surface area contributed by atoms with Crippen LogP contribution < -0.4 is 0 Å². The highest BCUT2D eigenvalue weighted by molar-refractivity contribution is 7.87. The SMILES string of the molecule is O=S(=O)(O)C1(C(F)(F)F)CCCCC1. The Bertz CT molecular complexity index is 301. The summed E-state index contributed by atoms with van der Waals surface area (Å²) in [7, 11) is -5.07. The van der Waals surface area contributed by atoms with E-state index < -0.39 is 33.9 Å². The smallest absolute Gasteiger partial charge is 0.285 e. The Kier molecular flexibility index (Phi) is 2.84. The van der Waals surface area contributed by atoms with E-state index in [1.165, 1.54) is 0 Å². The molecule has 0 aliphatic heterocycles. The average molecular weight is 232 g/mol. The summed E-state index contributed by atoms with van der Waals surface area (Å²) < 4.78 is 65.0. The molecule has 0 radical (unpaired) electrons. The molecule has 0 unspecified atom stereocenters. The number of hydrogen-bond donors (Lipinski definition) is 1. The van der Waals surface area contributed by atoms with Gasteiger partial charge in [-0.1, -0.05) is 19.3 Å². The second-order valence-corrected chi connectivity index (χ2v) is 5.26. The van der Waals surface area contributed by atoms with E-state index in [9.17, 15) is 21.6 Å². The molecule has 0 saturated heterocycles. The molecule has 1 aliphatic rings. The van der Waals surface area contributed by atoms with Crippen molar-refractivity contribution in [2.45, 2.75) is 43.0 Å². The molecule has 14 heavy (non-hydrogen) atoms. The summed E-state index contributed by atoms with van der Waals surface area (Å²) in [5.74, 6) is 0. The minimum Gasteiger partial charge on any atom is -0.285 e. The van der Waals surface area contributed by atoms with Gasteiger partial charge in [0.1, 0.15) is 0 Å². The number of halogens is 3. The fourth-order valence-corrected chi connectivity index (χ4v) is 2.91. The molecule has 0 aromatic rings. The van der Waals surface area contributed by atoms with Crippen molar-refractivity contribution in [1.29, 1.82) is 0 Å². The first-order chi connectivity index (χ1) is 6.21. The maximum atomic E-state index is 12.6. The van der Waals surface area contributed by atoms with Gasteiger partial charge >= 0.3 is 6.18 Å². The molecule has 0 amide bonds. The Balaban J connectivity index is 3.15. The van der Waals surface area contributed by atoms with E-state index in [4.69, 9.17) is 4.55 Å². The van der Waals surface area contributed by atoms with E-state index in [-0.39, 0.29) is 12.8 Å². The number of hydrogen-bond acceptors (Lipinski definition) is 2. The van der Waals surface area contributed by atoms with Crippen molar-refractivity contribution in [2.24, 2.45) is 0 Å². The first-order valence-electron chi connectivity index (χ1n) is 4.24. The van der Waals surface area contributed by atoms with Gasteiger partial charge in [0.2, 0.25) is 0 Å². The van der Waals surface area contributed by atoms with Gasteiger partial charge in [-0.2, -0.15) is 21.6 Å². The zero-order chi connectivity index (χ0) is 11.0. The third-order valence-corrected chi connectivity index (χ3v) is 4.30. The number of rotatable bonds is 1. The molecule has 0 aromatic carbocycles. The molecule has 0 atom stereocenters. The Morgan fingerprint density at radius 3 is 1.71 bits per heavy atom. The first kappa shape index (κ1) is 11.8. The molecule has 1 aliphatic carbocycles. The topological polar surface area (TPSA) is 54.4 Å². The summed E-state index contributed by atoms with van der Waals surface area (Å²) in [5.41, 5.74) is 0. The standard InChI is InChI=1S/C7H11F3O3S/c8-7(9,10)6(14(11,12)13)4-2-1-3-5-6/h1-5H2,(H,11,12,13). The van der Waals surface area contributed by atoms with Crippen LogP contribution in [0, 0.1) is 0 Å². The predicted molar refractivity (Wildman–Crippen MR) is 43.4 cm³/mol. The normalized spacial score (nSPS) is 23.4. The van der Waals surface area contributed by atoms with Gasteiger partial charge in [-0.3, -0.25) is 4.55 Å². The second-order valence-electron chi connectivity index (χ2n) is 3.53. The molecular formula is C7H11F3O3S. The summed E-state index contributed by atoms with van der Waals surface area (Å²) in [5, 5.41) is 0. The Morgan fingerprint density at radius 2 is 1.50 bits per heavy atom. The van der Waals surface area contributed by atoms with E-state index in [2.05, 4.69) is 0 Å². The van der Waals surface area contributed by atoms with Crippen LogP contribution in [0.25, 0.3) is 0 Å². The van der Waals surface area contributed by atoms with Crippen LogP contribution in [-0.4, -0.2) is 23.9 Å². The second kappa shape index (κ2) is 3.37. The predicted octanol–water partition coefficient (Wildman–Crippen LogP) is 2.14. The lowest BCUT2D eigenvalue weighted by Crippen LogP contribution is -2.52. The molecule has 0 bridgehead atoms. The lowest BCUT2D eigenvalue weighted by Gasteiger charge is -2.35. The largest absolute Gasteiger partial charge is 0.410 e.